The number of rotatable bonds is 7. The van der Waals surface area contributed by atoms with Crippen molar-refractivity contribution in [3.63, 3.8) is 0 Å². The first-order chi connectivity index (χ1) is 8.58. The van der Waals surface area contributed by atoms with Gasteiger partial charge in [0.1, 0.15) is 5.75 Å². The van der Waals surface area contributed by atoms with Crippen molar-refractivity contribution in [2.24, 2.45) is 0 Å². The second-order valence-corrected chi connectivity index (χ2v) is 4.75. The van der Waals surface area contributed by atoms with Gasteiger partial charge >= 0.3 is 0 Å². The number of para-hydroxylation sites is 2. The lowest BCUT2D eigenvalue weighted by Crippen LogP contribution is -2.45. The van der Waals surface area contributed by atoms with E-state index in [4.69, 9.17) is 4.74 Å². The number of anilines is 1. The molecule has 2 N–H and O–H groups in total. The monoisotopic (exact) mass is 252 g/mol. The zero-order valence-corrected chi connectivity index (χ0v) is 11.7. The number of aliphatic hydroxyl groups is 1. The fraction of sp³-hybridized carbons (Fsp3) is 0.571. The molecule has 1 aromatic carbocycles. The van der Waals surface area contributed by atoms with Crippen LogP contribution >= 0.6 is 0 Å². The van der Waals surface area contributed by atoms with Crippen LogP contribution in [0.4, 0.5) is 5.69 Å². The van der Waals surface area contributed by atoms with E-state index in [0.717, 1.165) is 18.0 Å². The van der Waals surface area contributed by atoms with Crippen molar-refractivity contribution in [3.8, 4) is 5.75 Å². The molecule has 0 aliphatic carbocycles. The largest absolute Gasteiger partial charge is 0.495 e. The minimum absolute atomic E-state index is 0.0555. The Morgan fingerprint density at radius 2 is 2.00 bits per heavy atom. The highest BCUT2D eigenvalue weighted by Gasteiger charge is 2.14. The predicted molar refractivity (Wildman–Crippen MR) is 75.4 cm³/mol. The zero-order chi connectivity index (χ0) is 13.5. The topological polar surface area (TPSA) is 44.7 Å². The highest BCUT2D eigenvalue weighted by atomic mass is 16.5. The smallest absolute Gasteiger partial charge is 0.142 e. The minimum Gasteiger partial charge on any atom is -0.495 e. The number of nitrogens with zero attached hydrogens (tertiary/aromatic N) is 1. The highest BCUT2D eigenvalue weighted by molar-refractivity contribution is 5.57. The summed E-state index contributed by atoms with van der Waals surface area (Å²) >= 11 is 0. The van der Waals surface area contributed by atoms with Gasteiger partial charge in [-0.25, -0.2) is 0 Å². The molecule has 1 aromatic rings. The van der Waals surface area contributed by atoms with Crippen LogP contribution < -0.4 is 15.0 Å². The van der Waals surface area contributed by atoms with E-state index in [-0.39, 0.29) is 12.6 Å². The predicted octanol–water partition coefficient (Wildman–Crippen LogP) is 1.49. The summed E-state index contributed by atoms with van der Waals surface area (Å²) in [5.41, 5.74) is 1.03. The van der Waals surface area contributed by atoms with E-state index in [1.54, 1.807) is 7.11 Å². The van der Waals surface area contributed by atoms with Crippen molar-refractivity contribution in [3.05, 3.63) is 24.3 Å². The fourth-order valence-corrected chi connectivity index (χ4v) is 2.01. The number of likely N-dealkylation sites (N-methyl/N-ethyl adjacent to an activating group) is 1. The van der Waals surface area contributed by atoms with Crippen molar-refractivity contribution in [1.82, 2.24) is 5.32 Å². The van der Waals surface area contributed by atoms with Crippen molar-refractivity contribution < 1.29 is 9.84 Å². The normalized spacial score (nSPS) is 12.6. The number of aliphatic hydroxyl groups excluding tert-OH is 1. The summed E-state index contributed by atoms with van der Waals surface area (Å²) in [4.78, 5) is 2.09. The summed E-state index contributed by atoms with van der Waals surface area (Å²) in [5, 5.41) is 12.7. The molecular formula is C14H24N2O2. The van der Waals surface area contributed by atoms with Gasteiger partial charge < -0.3 is 20.1 Å². The molecule has 4 nitrogen and oxygen atoms in total. The Balaban J connectivity index is 2.71. The molecule has 1 rings (SSSR count). The Hall–Kier alpha value is -1.26. The van der Waals surface area contributed by atoms with Crippen LogP contribution in [0.3, 0.4) is 0 Å². The lowest BCUT2D eigenvalue weighted by Gasteiger charge is -2.27. The summed E-state index contributed by atoms with van der Waals surface area (Å²) in [6, 6.07) is 8.30. The number of hydrogen-bond acceptors (Lipinski definition) is 4. The maximum atomic E-state index is 9.38. The number of nitrogens with one attached hydrogen (secondary N) is 1. The summed E-state index contributed by atoms with van der Waals surface area (Å²) in [5.74, 6) is 0.848. The molecule has 18 heavy (non-hydrogen) atoms. The van der Waals surface area contributed by atoms with Crippen LogP contribution in [-0.4, -0.2) is 44.5 Å². The summed E-state index contributed by atoms with van der Waals surface area (Å²) in [6.07, 6.45) is 0. The van der Waals surface area contributed by atoms with Crippen LogP contribution in [0.2, 0.25) is 0 Å². The Kier molecular flexibility index (Phi) is 5.95. The molecule has 0 saturated heterocycles. The summed E-state index contributed by atoms with van der Waals surface area (Å²) in [7, 11) is 3.67. The van der Waals surface area contributed by atoms with E-state index in [0.29, 0.717) is 6.04 Å². The van der Waals surface area contributed by atoms with Gasteiger partial charge in [0.05, 0.1) is 19.4 Å². The van der Waals surface area contributed by atoms with Crippen molar-refractivity contribution >= 4 is 5.69 Å². The van der Waals surface area contributed by atoms with Gasteiger partial charge in [-0.1, -0.05) is 26.0 Å². The molecule has 0 aliphatic rings. The maximum Gasteiger partial charge on any atom is 0.142 e. The Bertz CT molecular complexity index is 355. The van der Waals surface area contributed by atoms with E-state index in [1.807, 2.05) is 31.3 Å². The zero-order valence-electron chi connectivity index (χ0n) is 11.7. The van der Waals surface area contributed by atoms with Crippen molar-refractivity contribution in [2.45, 2.75) is 25.9 Å². The molecule has 0 heterocycles. The van der Waals surface area contributed by atoms with Crippen LogP contribution in [0.1, 0.15) is 13.8 Å². The van der Waals surface area contributed by atoms with Gasteiger partial charge in [-0.15, -0.1) is 0 Å². The molecule has 0 spiro atoms. The van der Waals surface area contributed by atoms with Gasteiger partial charge in [0, 0.05) is 25.7 Å². The number of methoxy groups -OCH3 is 1. The molecule has 0 radical (unpaired) electrons. The second kappa shape index (κ2) is 7.24. The SMILES string of the molecule is COc1ccccc1N(C)CC(CO)NC(C)C. The maximum absolute atomic E-state index is 9.38. The lowest BCUT2D eigenvalue weighted by molar-refractivity contribution is 0.237. The summed E-state index contributed by atoms with van der Waals surface area (Å²) in [6.45, 7) is 5.00. The molecule has 0 amide bonds. The Labute approximate surface area is 110 Å². The standard InChI is InChI=1S/C14H24N2O2/c1-11(2)15-12(10-17)9-16(3)13-7-5-6-8-14(13)18-4/h5-8,11-12,15,17H,9-10H2,1-4H3. The molecular weight excluding hydrogens is 228 g/mol. The van der Waals surface area contributed by atoms with Crippen LogP contribution in [-0.2, 0) is 0 Å². The molecule has 0 fully saturated rings. The van der Waals surface area contributed by atoms with Gasteiger partial charge in [-0.05, 0) is 12.1 Å². The van der Waals surface area contributed by atoms with Gasteiger partial charge in [0.25, 0.3) is 0 Å². The Morgan fingerprint density at radius 3 is 2.56 bits per heavy atom. The number of benzene rings is 1. The molecule has 1 atom stereocenters. The third-order valence-electron chi connectivity index (χ3n) is 2.78. The van der Waals surface area contributed by atoms with Gasteiger partial charge in [-0.2, -0.15) is 0 Å². The van der Waals surface area contributed by atoms with E-state index in [9.17, 15) is 5.11 Å². The quantitative estimate of drug-likeness (QED) is 0.772. The first-order valence-corrected chi connectivity index (χ1v) is 6.29. The molecule has 102 valence electrons. The van der Waals surface area contributed by atoms with Gasteiger partial charge in [0.2, 0.25) is 0 Å². The lowest BCUT2D eigenvalue weighted by atomic mass is 10.2. The third-order valence-corrected chi connectivity index (χ3v) is 2.78. The van der Waals surface area contributed by atoms with E-state index >= 15 is 0 Å². The molecule has 0 saturated carbocycles. The highest BCUT2D eigenvalue weighted by Crippen LogP contribution is 2.26. The first kappa shape index (κ1) is 14.8. The fourth-order valence-electron chi connectivity index (χ4n) is 2.01. The first-order valence-electron chi connectivity index (χ1n) is 6.29. The number of hydrogen-bond donors (Lipinski definition) is 2. The molecule has 0 aromatic heterocycles. The Morgan fingerprint density at radius 1 is 1.33 bits per heavy atom. The minimum atomic E-state index is 0.0555. The van der Waals surface area contributed by atoms with E-state index in [1.165, 1.54) is 0 Å². The van der Waals surface area contributed by atoms with Crippen molar-refractivity contribution in [1.29, 1.82) is 0 Å². The van der Waals surface area contributed by atoms with Crippen molar-refractivity contribution in [2.75, 3.05) is 32.2 Å². The summed E-state index contributed by atoms with van der Waals surface area (Å²) < 4.78 is 5.34. The van der Waals surface area contributed by atoms with Crippen LogP contribution in [0.5, 0.6) is 5.75 Å². The molecule has 1 unspecified atom stereocenters. The van der Waals surface area contributed by atoms with E-state index in [2.05, 4.69) is 24.1 Å². The van der Waals surface area contributed by atoms with Crippen LogP contribution in [0.25, 0.3) is 0 Å². The third kappa shape index (κ3) is 4.20. The molecule has 4 heteroatoms. The van der Waals surface area contributed by atoms with E-state index < -0.39 is 0 Å². The average molecular weight is 252 g/mol. The second-order valence-electron chi connectivity index (χ2n) is 4.75. The number of ether oxygens (including phenoxy) is 1. The molecule has 0 aliphatic heterocycles. The van der Waals surface area contributed by atoms with Gasteiger partial charge in [0.15, 0.2) is 0 Å². The van der Waals surface area contributed by atoms with Gasteiger partial charge in [-0.3, -0.25) is 0 Å². The van der Waals surface area contributed by atoms with Crippen LogP contribution in [0, 0.1) is 0 Å². The molecule has 0 bridgehead atoms. The average Bonchev–Trinajstić information content (AvgIpc) is 2.37. The van der Waals surface area contributed by atoms with Crippen LogP contribution in [0.15, 0.2) is 24.3 Å².